The van der Waals surface area contributed by atoms with E-state index in [4.69, 9.17) is 4.74 Å². The van der Waals surface area contributed by atoms with Crippen LogP contribution in [0.1, 0.15) is 0 Å². The molecule has 5 nitrogen and oxygen atoms in total. The summed E-state index contributed by atoms with van der Waals surface area (Å²) in [6.07, 6.45) is 5.05. The summed E-state index contributed by atoms with van der Waals surface area (Å²) in [6.45, 7) is 0. The molecule has 3 rings (SSSR count). The maximum Gasteiger partial charge on any atom is 0.255 e. The number of ether oxygens (including phenoxy) is 1. The van der Waals surface area contributed by atoms with Gasteiger partial charge in [0.25, 0.3) is 5.56 Å². The molecule has 0 aliphatic rings. The molecule has 140 valence electrons. The first kappa shape index (κ1) is 18.9. The zero-order chi connectivity index (χ0) is 19.6. The molecule has 0 N–H and O–H groups in total. The van der Waals surface area contributed by atoms with Crippen LogP contribution in [0, 0.1) is 11.6 Å². The Bertz CT molecular complexity index is 1110. The van der Waals surface area contributed by atoms with Crippen LogP contribution in [0.3, 0.4) is 0 Å². The maximum atomic E-state index is 14.0. The van der Waals surface area contributed by atoms with Crippen LogP contribution in [0.5, 0.6) is 11.5 Å². The third-order valence-corrected chi connectivity index (χ3v) is 4.40. The monoisotopic (exact) mass is 390 g/mol. The molecule has 2 heterocycles. The molecule has 0 unspecified atom stereocenters. The summed E-state index contributed by atoms with van der Waals surface area (Å²) in [6, 6.07) is 7.17. The molecule has 0 atom stereocenters. The average molecular weight is 390 g/mol. The Morgan fingerprint density at radius 3 is 2.44 bits per heavy atom. The van der Waals surface area contributed by atoms with E-state index >= 15 is 0 Å². The zero-order valence-electron chi connectivity index (χ0n) is 14.6. The molecule has 0 aliphatic heterocycles. The van der Waals surface area contributed by atoms with Gasteiger partial charge >= 0.3 is 0 Å². The molecule has 0 bridgehead atoms. The minimum absolute atomic E-state index is 0.113. The molecule has 0 radical (unpaired) electrons. The molecule has 0 spiro atoms. The fourth-order valence-electron chi connectivity index (χ4n) is 2.53. The van der Waals surface area contributed by atoms with Gasteiger partial charge in [-0.2, -0.15) is 0 Å². The van der Waals surface area contributed by atoms with Crippen LogP contribution < -0.4 is 15.9 Å². The van der Waals surface area contributed by atoms with E-state index in [0.717, 1.165) is 12.1 Å². The van der Waals surface area contributed by atoms with E-state index in [1.54, 1.807) is 25.5 Å². The lowest BCUT2D eigenvalue weighted by molar-refractivity contribution is 0.437. The van der Waals surface area contributed by atoms with E-state index < -0.39 is 11.6 Å². The molecule has 0 saturated heterocycles. The molecule has 1 aromatic carbocycles. The number of pyridine rings is 2. The third kappa shape index (κ3) is 4.11. The van der Waals surface area contributed by atoms with Gasteiger partial charge in [0.15, 0.2) is 11.6 Å². The Morgan fingerprint density at radius 1 is 1.00 bits per heavy atom. The van der Waals surface area contributed by atoms with Crippen molar-refractivity contribution < 1.29 is 13.5 Å². The second kappa shape index (κ2) is 7.79. The first-order chi connectivity index (χ1) is 12.9. The highest BCUT2D eigenvalue weighted by atomic mass is 32.2. The Balaban J connectivity index is 2.16. The lowest BCUT2D eigenvalue weighted by atomic mass is 10.1. The summed E-state index contributed by atoms with van der Waals surface area (Å²) < 4.78 is 35.6. The van der Waals surface area contributed by atoms with E-state index in [9.17, 15) is 18.4 Å². The van der Waals surface area contributed by atoms with Crippen LogP contribution in [-0.4, -0.2) is 15.4 Å². The second-order valence-corrected chi connectivity index (χ2v) is 6.66. The number of rotatable bonds is 5. The molecule has 0 fully saturated rings. The van der Waals surface area contributed by atoms with Gasteiger partial charge in [-0.05, 0) is 24.5 Å². The number of aromatic nitrogens is 2. The second-order valence-electron chi connectivity index (χ2n) is 5.82. The van der Waals surface area contributed by atoms with Crippen LogP contribution >= 0.6 is 11.8 Å². The van der Waals surface area contributed by atoms with Crippen LogP contribution in [0.25, 0.3) is 11.1 Å². The van der Waals surface area contributed by atoms with Gasteiger partial charge in [0.05, 0.1) is 5.88 Å². The van der Waals surface area contributed by atoms with E-state index in [-0.39, 0.29) is 22.6 Å². The van der Waals surface area contributed by atoms with Crippen molar-refractivity contribution >= 4 is 11.8 Å². The number of thioether (sulfide) groups is 1. The van der Waals surface area contributed by atoms with Crippen molar-refractivity contribution in [1.29, 1.82) is 0 Å². The Kier molecular flexibility index (Phi) is 5.46. The number of aryl methyl sites for hydroxylation is 1. The highest BCUT2D eigenvalue weighted by molar-refractivity contribution is 7.97. The topological polar surface area (TPSA) is 53.2 Å². The molecule has 0 amide bonds. The van der Waals surface area contributed by atoms with Crippen molar-refractivity contribution in [3.8, 4) is 22.6 Å². The summed E-state index contributed by atoms with van der Waals surface area (Å²) in [5.74, 6) is -1.28. The highest BCUT2D eigenvalue weighted by Gasteiger charge is 2.14. The standard InChI is InChI=1S/C19H16F2N2O3S/c1-22-9-12(3-6-18(22)24)14-10-23(11-27-2)19(25)8-17(14)26-16-5-4-13(20)7-15(16)21/h3-10H,11H2,1-2H3. The van der Waals surface area contributed by atoms with E-state index in [1.165, 1.54) is 33.0 Å². The molecule has 0 aliphatic carbocycles. The number of halogens is 2. The quantitative estimate of drug-likeness (QED) is 0.668. The lowest BCUT2D eigenvalue weighted by Gasteiger charge is -2.15. The van der Waals surface area contributed by atoms with Gasteiger partial charge in [0, 0.05) is 48.8 Å². The van der Waals surface area contributed by atoms with Gasteiger partial charge in [-0.3, -0.25) is 9.59 Å². The molecule has 8 heteroatoms. The van der Waals surface area contributed by atoms with Gasteiger partial charge < -0.3 is 13.9 Å². The summed E-state index contributed by atoms with van der Waals surface area (Å²) in [4.78, 5) is 24.0. The van der Waals surface area contributed by atoms with Gasteiger partial charge in [-0.15, -0.1) is 11.8 Å². The molecule has 3 aromatic rings. The van der Waals surface area contributed by atoms with Gasteiger partial charge in [0.1, 0.15) is 11.6 Å². The average Bonchev–Trinajstić information content (AvgIpc) is 2.62. The SMILES string of the molecule is CSCn1cc(-c2ccc(=O)n(C)c2)c(Oc2ccc(F)cc2F)cc1=O. The third-order valence-electron chi connectivity index (χ3n) is 3.87. The predicted octanol–water partition coefficient (Wildman–Crippen LogP) is 3.61. The van der Waals surface area contributed by atoms with E-state index in [2.05, 4.69) is 0 Å². The zero-order valence-corrected chi connectivity index (χ0v) is 15.4. The van der Waals surface area contributed by atoms with Gasteiger partial charge in [-0.25, -0.2) is 8.78 Å². The molecular formula is C19H16F2N2O3S. The van der Waals surface area contributed by atoms with E-state index in [0.29, 0.717) is 23.1 Å². The van der Waals surface area contributed by atoms with Crippen molar-refractivity contribution in [2.24, 2.45) is 7.05 Å². The van der Waals surface area contributed by atoms with Crippen molar-refractivity contribution in [1.82, 2.24) is 9.13 Å². The summed E-state index contributed by atoms with van der Waals surface area (Å²) in [5, 5.41) is 0. The summed E-state index contributed by atoms with van der Waals surface area (Å²) in [7, 11) is 1.60. The van der Waals surface area contributed by atoms with Crippen LogP contribution in [0.2, 0.25) is 0 Å². The fourth-order valence-corrected chi connectivity index (χ4v) is 3.01. The molecule has 27 heavy (non-hydrogen) atoms. The molecular weight excluding hydrogens is 374 g/mol. The molecule has 2 aromatic heterocycles. The number of nitrogens with zero attached hydrogens (tertiary/aromatic N) is 2. The minimum atomic E-state index is -0.880. The van der Waals surface area contributed by atoms with Crippen LogP contribution in [0.15, 0.2) is 58.4 Å². The summed E-state index contributed by atoms with van der Waals surface area (Å²) in [5.41, 5.74) is 0.603. The fraction of sp³-hybridized carbons (Fsp3) is 0.158. The largest absolute Gasteiger partial charge is 0.453 e. The number of hydrogen-bond donors (Lipinski definition) is 0. The first-order valence-electron chi connectivity index (χ1n) is 7.92. The normalized spacial score (nSPS) is 10.8. The lowest BCUT2D eigenvalue weighted by Crippen LogP contribution is -2.19. The van der Waals surface area contributed by atoms with Crippen molar-refractivity contribution in [2.75, 3.05) is 6.26 Å². The first-order valence-corrected chi connectivity index (χ1v) is 9.32. The Morgan fingerprint density at radius 2 is 1.78 bits per heavy atom. The van der Waals surface area contributed by atoms with Crippen LogP contribution in [-0.2, 0) is 12.9 Å². The summed E-state index contributed by atoms with van der Waals surface area (Å²) >= 11 is 1.46. The smallest absolute Gasteiger partial charge is 0.255 e. The van der Waals surface area contributed by atoms with Gasteiger partial charge in [0.2, 0.25) is 5.56 Å². The Labute approximate surface area is 157 Å². The number of hydrogen-bond acceptors (Lipinski definition) is 4. The maximum absolute atomic E-state index is 14.0. The highest BCUT2D eigenvalue weighted by Crippen LogP contribution is 2.33. The van der Waals surface area contributed by atoms with E-state index in [1.807, 2.05) is 6.26 Å². The van der Waals surface area contributed by atoms with Crippen LogP contribution in [0.4, 0.5) is 8.78 Å². The van der Waals surface area contributed by atoms with Gasteiger partial charge in [-0.1, -0.05) is 0 Å². The number of benzene rings is 1. The van der Waals surface area contributed by atoms with Crippen molar-refractivity contribution in [3.05, 3.63) is 81.1 Å². The molecule has 0 saturated carbocycles. The predicted molar refractivity (Wildman–Crippen MR) is 101 cm³/mol. The minimum Gasteiger partial charge on any atom is -0.453 e. The van der Waals surface area contributed by atoms with Crippen molar-refractivity contribution in [2.45, 2.75) is 5.88 Å². The van der Waals surface area contributed by atoms with Crippen molar-refractivity contribution in [3.63, 3.8) is 0 Å². The Hall–Kier alpha value is -2.87.